The highest BCUT2D eigenvalue weighted by Gasteiger charge is 2.24. The fourth-order valence-electron chi connectivity index (χ4n) is 2.51. The average molecular weight is 428 g/mol. The number of aromatic nitrogens is 2. The lowest BCUT2D eigenvalue weighted by atomic mass is 9.98. The van der Waals surface area contributed by atoms with E-state index in [1.807, 2.05) is 13.0 Å². The van der Waals surface area contributed by atoms with E-state index in [-0.39, 0.29) is 17.2 Å². The molecular formula is C18H20BrClN2O3. The molecule has 2 aromatic rings. The van der Waals surface area contributed by atoms with Gasteiger partial charge in [0.2, 0.25) is 0 Å². The van der Waals surface area contributed by atoms with Gasteiger partial charge in [0.25, 0.3) is 5.56 Å². The molecule has 7 heteroatoms. The molecule has 1 aromatic heterocycles. The number of aryl methyl sites for hydroxylation is 3. The highest BCUT2D eigenvalue weighted by Crippen LogP contribution is 2.38. The van der Waals surface area contributed by atoms with Crippen LogP contribution in [0.1, 0.15) is 32.0 Å². The minimum Gasteiger partial charge on any atom is -0.423 e. The van der Waals surface area contributed by atoms with Crippen molar-refractivity contribution >= 4 is 33.5 Å². The molecule has 0 bridgehead atoms. The van der Waals surface area contributed by atoms with E-state index < -0.39 is 5.97 Å². The van der Waals surface area contributed by atoms with Gasteiger partial charge in [-0.05, 0) is 31.0 Å². The lowest BCUT2D eigenvalue weighted by Crippen LogP contribution is -2.26. The average Bonchev–Trinajstić information content (AvgIpc) is 2.53. The summed E-state index contributed by atoms with van der Waals surface area (Å²) in [7, 11) is 1.57. The van der Waals surface area contributed by atoms with Crippen LogP contribution in [0.3, 0.4) is 0 Å². The highest BCUT2D eigenvalue weighted by molar-refractivity contribution is 9.10. The Morgan fingerprint density at radius 2 is 2.00 bits per heavy atom. The molecule has 5 nitrogen and oxygen atoms in total. The molecule has 0 N–H and O–H groups in total. The van der Waals surface area contributed by atoms with Gasteiger partial charge in [0.1, 0.15) is 5.69 Å². The van der Waals surface area contributed by atoms with E-state index in [0.717, 1.165) is 5.56 Å². The molecule has 1 aromatic carbocycles. The Morgan fingerprint density at radius 1 is 1.36 bits per heavy atom. The van der Waals surface area contributed by atoms with Crippen molar-refractivity contribution < 1.29 is 9.53 Å². The fourth-order valence-corrected chi connectivity index (χ4v) is 3.58. The number of esters is 1. The van der Waals surface area contributed by atoms with Crippen LogP contribution in [0.5, 0.6) is 5.75 Å². The maximum Gasteiger partial charge on any atom is 0.313 e. The standard InChI is InChI=1S/C18H20BrClN2O3/c1-6-11-7-12(20)8-13(19)14(11)15-16(25-18(24)9(2)3)10(4)21-22(5)17(15)23/h7-9H,6H2,1-5H3. The van der Waals surface area contributed by atoms with Gasteiger partial charge in [-0.25, -0.2) is 4.68 Å². The Kier molecular flexibility index (Phi) is 6.06. The van der Waals surface area contributed by atoms with Gasteiger partial charge >= 0.3 is 5.97 Å². The molecule has 1 heterocycles. The minimum absolute atomic E-state index is 0.194. The summed E-state index contributed by atoms with van der Waals surface area (Å²) in [6.45, 7) is 7.16. The van der Waals surface area contributed by atoms with Gasteiger partial charge in [-0.15, -0.1) is 0 Å². The van der Waals surface area contributed by atoms with Crippen LogP contribution in [-0.4, -0.2) is 15.7 Å². The molecule has 0 atom stereocenters. The number of hydrogen-bond donors (Lipinski definition) is 0. The van der Waals surface area contributed by atoms with Crippen molar-refractivity contribution in [3.8, 4) is 16.9 Å². The molecule has 134 valence electrons. The van der Waals surface area contributed by atoms with Crippen molar-refractivity contribution in [1.82, 2.24) is 9.78 Å². The van der Waals surface area contributed by atoms with Gasteiger partial charge in [-0.1, -0.05) is 48.3 Å². The Hall–Kier alpha value is -1.66. The highest BCUT2D eigenvalue weighted by atomic mass is 79.9. The van der Waals surface area contributed by atoms with Gasteiger partial charge in [-0.3, -0.25) is 9.59 Å². The second kappa shape index (κ2) is 7.70. The second-order valence-electron chi connectivity index (χ2n) is 6.07. The van der Waals surface area contributed by atoms with E-state index in [1.165, 1.54) is 4.68 Å². The molecule has 0 spiro atoms. The summed E-state index contributed by atoms with van der Waals surface area (Å²) in [4.78, 5) is 25.0. The van der Waals surface area contributed by atoms with E-state index in [1.54, 1.807) is 33.9 Å². The van der Waals surface area contributed by atoms with Crippen LogP contribution in [-0.2, 0) is 18.3 Å². The number of rotatable bonds is 4. The first-order valence-electron chi connectivity index (χ1n) is 7.95. The number of nitrogens with zero attached hydrogens (tertiary/aromatic N) is 2. The van der Waals surface area contributed by atoms with Crippen molar-refractivity contribution in [3.05, 3.63) is 43.2 Å². The molecule has 25 heavy (non-hydrogen) atoms. The molecule has 0 radical (unpaired) electrons. The van der Waals surface area contributed by atoms with Crippen molar-refractivity contribution in [3.63, 3.8) is 0 Å². The van der Waals surface area contributed by atoms with Crippen LogP contribution < -0.4 is 10.3 Å². The normalized spacial score (nSPS) is 11.0. The van der Waals surface area contributed by atoms with Crippen molar-refractivity contribution in [2.75, 3.05) is 0 Å². The van der Waals surface area contributed by atoms with Crippen LogP contribution in [0.25, 0.3) is 11.1 Å². The van der Waals surface area contributed by atoms with Crippen LogP contribution >= 0.6 is 27.5 Å². The monoisotopic (exact) mass is 426 g/mol. The van der Waals surface area contributed by atoms with Gasteiger partial charge in [-0.2, -0.15) is 5.10 Å². The van der Waals surface area contributed by atoms with Crippen molar-refractivity contribution in [2.24, 2.45) is 13.0 Å². The van der Waals surface area contributed by atoms with Crippen LogP contribution in [0, 0.1) is 12.8 Å². The van der Waals surface area contributed by atoms with Crippen LogP contribution in [0.2, 0.25) is 5.02 Å². The topological polar surface area (TPSA) is 61.2 Å². The number of hydrogen-bond acceptors (Lipinski definition) is 4. The zero-order chi connectivity index (χ0) is 18.9. The molecule has 0 fully saturated rings. The minimum atomic E-state index is -0.414. The zero-order valence-electron chi connectivity index (χ0n) is 14.8. The fraction of sp³-hybridized carbons (Fsp3) is 0.389. The predicted molar refractivity (Wildman–Crippen MR) is 102 cm³/mol. The third-order valence-electron chi connectivity index (χ3n) is 3.81. The third-order valence-corrected chi connectivity index (χ3v) is 4.65. The lowest BCUT2D eigenvalue weighted by Gasteiger charge is -2.17. The van der Waals surface area contributed by atoms with Gasteiger partial charge in [0.15, 0.2) is 5.75 Å². The molecule has 2 rings (SSSR count). The lowest BCUT2D eigenvalue weighted by molar-refractivity contribution is -0.137. The Balaban J connectivity index is 2.86. The second-order valence-corrected chi connectivity index (χ2v) is 7.36. The molecule has 0 aliphatic carbocycles. The molecule has 0 saturated heterocycles. The number of halogens is 2. The number of carbonyl (C=O) groups is 1. The predicted octanol–water partition coefficient (Wildman–Crippen LogP) is 4.30. The summed E-state index contributed by atoms with van der Waals surface area (Å²) < 4.78 is 7.46. The first-order chi connectivity index (χ1) is 11.7. The molecule has 0 aliphatic heterocycles. The van der Waals surface area contributed by atoms with Gasteiger partial charge in [0.05, 0.1) is 11.5 Å². The maximum absolute atomic E-state index is 12.9. The van der Waals surface area contributed by atoms with E-state index in [0.29, 0.717) is 32.7 Å². The van der Waals surface area contributed by atoms with E-state index in [9.17, 15) is 9.59 Å². The summed E-state index contributed by atoms with van der Waals surface area (Å²) in [6, 6.07) is 3.53. The van der Waals surface area contributed by atoms with Crippen molar-refractivity contribution in [1.29, 1.82) is 0 Å². The summed E-state index contributed by atoms with van der Waals surface area (Å²) in [6.07, 6.45) is 0.663. The van der Waals surface area contributed by atoms with Gasteiger partial charge < -0.3 is 4.74 Å². The smallest absolute Gasteiger partial charge is 0.313 e. The molecule has 0 aliphatic rings. The third kappa shape index (κ3) is 3.96. The van der Waals surface area contributed by atoms with Crippen LogP contribution in [0.15, 0.2) is 21.4 Å². The molecular weight excluding hydrogens is 408 g/mol. The summed E-state index contributed by atoms with van der Waals surface area (Å²) >= 11 is 9.64. The summed E-state index contributed by atoms with van der Waals surface area (Å²) in [5.74, 6) is -0.544. The van der Waals surface area contributed by atoms with Crippen LogP contribution in [0.4, 0.5) is 0 Å². The molecule has 0 saturated carbocycles. The summed E-state index contributed by atoms with van der Waals surface area (Å²) in [5, 5.41) is 4.73. The van der Waals surface area contributed by atoms with E-state index >= 15 is 0 Å². The SMILES string of the molecule is CCc1cc(Cl)cc(Br)c1-c1c(OC(=O)C(C)C)c(C)nn(C)c1=O. The Bertz CT molecular complexity index is 891. The largest absolute Gasteiger partial charge is 0.423 e. The summed E-state index contributed by atoms with van der Waals surface area (Å²) in [5.41, 5.74) is 1.99. The Labute approximate surface area is 160 Å². The van der Waals surface area contributed by atoms with Crippen molar-refractivity contribution in [2.45, 2.75) is 34.1 Å². The number of ether oxygens (including phenoxy) is 1. The van der Waals surface area contributed by atoms with Gasteiger partial charge in [0, 0.05) is 22.1 Å². The van der Waals surface area contributed by atoms with E-state index in [2.05, 4.69) is 21.0 Å². The number of benzene rings is 1. The first-order valence-corrected chi connectivity index (χ1v) is 9.12. The first kappa shape index (κ1) is 19.7. The maximum atomic E-state index is 12.9. The zero-order valence-corrected chi connectivity index (χ0v) is 17.2. The van der Waals surface area contributed by atoms with E-state index in [4.69, 9.17) is 16.3 Å². The quantitative estimate of drug-likeness (QED) is 0.683. The Morgan fingerprint density at radius 3 is 2.56 bits per heavy atom. The molecule has 0 unspecified atom stereocenters. The molecule has 0 amide bonds. The number of carbonyl (C=O) groups excluding carboxylic acids is 1.